The SMILES string of the molecule is COc1cc(C(F)(F)F)ccc1-c1nnc(-c2c(-c3ccccc3)noc2C)o1.Cc1onc(-c2ccccc2)c1-c1nnc(-c2ccc(C(F)(F)F)cc2)o1. The average molecular weight is 773 g/mol. The minimum atomic E-state index is -4.49. The lowest BCUT2D eigenvalue weighted by Crippen LogP contribution is -2.05. The van der Waals surface area contributed by atoms with Gasteiger partial charge in [-0.2, -0.15) is 26.3 Å². The lowest BCUT2D eigenvalue weighted by atomic mass is 10.1. The van der Waals surface area contributed by atoms with Crippen molar-refractivity contribution in [2.75, 3.05) is 7.11 Å². The Morgan fingerprint density at radius 2 is 0.946 bits per heavy atom. The van der Waals surface area contributed by atoms with Crippen molar-refractivity contribution in [3.8, 4) is 74.1 Å². The second kappa shape index (κ2) is 15.0. The van der Waals surface area contributed by atoms with Gasteiger partial charge in [-0.15, -0.1) is 20.4 Å². The van der Waals surface area contributed by atoms with E-state index in [1.54, 1.807) is 13.8 Å². The van der Waals surface area contributed by atoms with Crippen LogP contribution < -0.4 is 4.74 Å². The number of rotatable bonds is 7. The molecule has 4 heterocycles. The summed E-state index contributed by atoms with van der Waals surface area (Å²) < 4.78 is 104. The zero-order chi connectivity index (χ0) is 39.6. The molecular formula is C39H26F6N6O5. The van der Waals surface area contributed by atoms with E-state index < -0.39 is 23.5 Å². The number of alkyl halides is 6. The Labute approximate surface area is 312 Å². The molecule has 0 N–H and O–H groups in total. The third-order valence-corrected chi connectivity index (χ3v) is 8.32. The highest BCUT2D eigenvalue weighted by atomic mass is 19.4. The Kier molecular flexibility index (Phi) is 9.99. The number of methoxy groups -OCH3 is 1. The Bertz CT molecular complexity index is 2580. The van der Waals surface area contributed by atoms with E-state index in [2.05, 4.69) is 30.7 Å². The molecule has 0 atom stereocenters. The molecule has 284 valence electrons. The summed E-state index contributed by atoms with van der Waals surface area (Å²) in [5.74, 6) is 1.39. The largest absolute Gasteiger partial charge is 0.496 e. The van der Waals surface area contributed by atoms with E-state index in [-0.39, 0.29) is 34.9 Å². The number of hydrogen-bond donors (Lipinski definition) is 0. The lowest BCUT2D eigenvalue weighted by Gasteiger charge is -2.10. The standard InChI is InChI=1S/C20H14F3N3O3.C19H12F3N3O2/c1-11-16(17(26-29-11)12-6-4-3-5-7-12)19-25-24-18(28-19)14-9-8-13(20(21,22)23)10-15(14)27-2;1-11-15(16(25-27-11)12-5-3-2-4-6-12)18-24-23-17(26-18)13-7-9-14(10-8-13)19(20,21)22/h3-10H,1-2H3;2-10H,1H3. The van der Waals surface area contributed by atoms with Crippen molar-refractivity contribution in [1.29, 1.82) is 0 Å². The van der Waals surface area contributed by atoms with Crippen LogP contribution in [0.15, 0.2) is 121 Å². The van der Waals surface area contributed by atoms with Crippen molar-refractivity contribution in [3.05, 3.63) is 126 Å². The number of benzene rings is 4. The molecule has 4 aromatic carbocycles. The average Bonchev–Trinajstić information content (AvgIpc) is 4.02. The van der Waals surface area contributed by atoms with Crippen molar-refractivity contribution >= 4 is 0 Å². The summed E-state index contributed by atoms with van der Waals surface area (Å²) >= 11 is 0. The van der Waals surface area contributed by atoms with Gasteiger partial charge in [0.05, 0.1) is 23.8 Å². The normalized spacial score (nSPS) is 11.7. The second-order valence-electron chi connectivity index (χ2n) is 12.0. The van der Waals surface area contributed by atoms with Gasteiger partial charge in [0, 0.05) is 16.7 Å². The molecule has 0 spiro atoms. The molecule has 0 radical (unpaired) electrons. The van der Waals surface area contributed by atoms with Crippen LogP contribution >= 0.6 is 0 Å². The van der Waals surface area contributed by atoms with Gasteiger partial charge < -0.3 is 22.6 Å². The molecule has 4 aromatic heterocycles. The maximum absolute atomic E-state index is 13.0. The molecule has 0 aliphatic rings. The van der Waals surface area contributed by atoms with E-state index in [0.29, 0.717) is 39.6 Å². The summed E-state index contributed by atoms with van der Waals surface area (Å²) in [5, 5.41) is 24.1. The molecule has 0 fully saturated rings. The van der Waals surface area contributed by atoms with Gasteiger partial charge in [0.15, 0.2) is 0 Å². The topological polar surface area (TPSA) is 139 Å². The molecule has 11 nitrogen and oxygen atoms in total. The number of aryl methyl sites for hydroxylation is 2. The predicted molar refractivity (Wildman–Crippen MR) is 187 cm³/mol. The van der Waals surface area contributed by atoms with Gasteiger partial charge >= 0.3 is 12.4 Å². The molecular weight excluding hydrogens is 746 g/mol. The van der Waals surface area contributed by atoms with E-state index in [1.165, 1.54) is 25.3 Å². The van der Waals surface area contributed by atoms with Crippen LogP contribution in [0, 0.1) is 13.8 Å². The van der Waals surface area contributed by atoms with E-state index in [4.69, 9.17) is 22.6 Å². The highest BCUT2D eigenvalue weighted by Gasteiger charge is 2.33. The van der Waals surface area contributed by atoms with Gasteiger partial charge in [-0.05, 0) is 56.3 Å². The van der Waals surface area contributed by atoms with E-state index in [0.717, 1.165) is 35.4 Å². The highest BCUT2D eigenvalue weighted by molar-refractivity contribution is 5.79. The van der Waals surface area contributed by atoms with Crippen molar-refractivity contribution in [1.82, 2.24) is 30.7 Å². The fourth-order valence-corrected chi connectivity index (χ4v) is 5.55. The molecule has 0 saturated heterocycles. The monoisotopic (exact) mass is 772 g/mol. The van der Waals surface area contributed by atoms with E-state index in [1.807, 2.05) is 60.7 Å². The smallest absolute Gasteiger partial charge is 0.416 e. The first-order valence-electron chi connectivity index (χ1n) is 16.5. The van der Waals surface area contributed by atoms with E-state index in [9.17, 15) is 26.3 Å². The first-order valence-corrected chi connectivity index (χ1v) is 16.5. The summed E-state index contributed by atoms with van der Waals surface area (Å²) in [6, 6.07) is 26.2. The minimum Gasteiger partial charge on any atom is -0.496 e. The van der Waals surface area contributed by atoms with Crippen LogP contribution in [0.2, 0.25) is 0 Å². The molecule has 8 aromatic rings. The number of halogens is 6. The van der Waals surface area contributed by atoms with Crippen molar-refractivity contribution < 1.29 is 49.0 Å². The minimum absolute atomic E-state index is 0.0187. The molecule has 8 rings (SSSR count). The van der Waals surface area contributed by atoms with Crippen LogP contribution in [-0.4, -0.2) is 37.8 Å². The van der Waals surface area contributed by atoms with Crippen LogP contribution in [0.3, 0.4) is 0 Å². The predicted octanol–water partition coefficient (Wildman–Crippen LogP) is 10.8. The molecule has 0 aliphatic heterocycles. The summed E-state index contributed by atoms with van der Waals surface area (Å²) in [6.45, 7) is 3.42. The summed E-state index contributed by atoms with van der Waals surface area (Å²) in [4.78, 5) is 0. The second-order valence-corrected chi connectivity index (χ2v) is 12.0. The zero-order valence-electron chi connectivity index (χ0n) is 29.3. The van der Waals surface area contributed by atoms with Gasteiger partial charge in [0.25, 0.3) is 17.7 Å². The van der Waals surface area contributed by atoms with Gasteiger partial charge in [-0.3, -0.25) is 0 Å². The number of nitrogens with zero attached hydrogens (tertiary/aromatic N) is 6. The lowest BCUT2D eigenvalue weighted by molar-refractivity contribution is -0.138. The Morgan fingerprint density at radius 3 is 1.43 bits per heavy atom. The maximum Gasteiger partial charge on any atom is 0.416 e. The van der Waals surface area contributed by atoms with Crippen molar-refractivity contribution in [2.45, 2.75) is 26.2 Å². The summed E-state index contributed by atoms with van der Waals surface area (Å²) in [6.07, 6.45) is -8.89. The van der Waals surface area contributed by atoms with Gasteiger partial charge in [0.2, 0.25) is 5.89 Å². The Balaban J connectivity index is 0.000000172. The van der Waals surface area contributed by atoms with Gasteiger partial charge in [-0.25, -0.2) is 0 Å². The van der Waals surface area contributed by atoms with Crippen LogP contribution in [0.1, 0.15) is 22.6 Å². The van der Waals surface area contributed by atoms with Crippen LogP contribution in [0.5, 0.6) is 5.75 Å². The molecule has 17 heteroatoms. The molecule has 56 heavy (non-hydrogen) atoms. The maximum atomic E-state index is 13.0. The van der Waals surface area contributed by atoms with Crippen LogP contribution in [0.25, 0.3) is 68.3 Å². The molecule has 0 bridgehead atoms. The van der Waals surface area contributed by atoms with E-state index >= 15 is 0 Å². The molecule has 0 aliphatic carbocycles. The number of ether oxygens (including phenoxy) is 1. The van der Waals surface area contributed by atoms with Crippen LogP contribution in [0.4, 0.5) is 26.3 Å². The molecule has 0 amide bonds. The summed E-state index contributed by atoms with van der Waals surface area (Å²) in [5.41, 5.74) is 2.81. The molecule has 0 unspecified atom stereocenters. The number of hydrogen-bond acceptors (Lipinski definition) is 11. The fourth-order valence-electron chi connectivity index (χ4n) is 5.55. The number of aromatic nitrogens is 6. The third kappa shape index (κ3) is 7.64. The van der Waals surface area contributed by atoms with Gasteiger partial charge in [-0.1, -0.05) is 71.0 Å². The first kappa shape index (κ1) is 37.3. The molecule has 0 saturated carbocycles. The zero-order valence-corrected chi connectivity index (χ0v) is 29.3. The summed E-state index contributed by atoms with van der Waals surface area (Å²) in [7, 11) is 1.27. The van der Waals surface area contributed by atoms with Crippen LogP contribution in [-0.2, 0) is 12.4 Å². The Morgan fingerprint density at radius 1 is 0.500 bits per heavy atom. The van der Waals surface area contributed by atoms with Gasteiger partial charge in [0.1, 0.15) is 39.8 Å². The first-order chi connectivity index (χ1) is 26.8. The fraction of sp³-hybridized carbons (Fsp3) is 0.128. The highest BCUT2D eigenvalue weighted by Crippen LogP contribution is 2.40. The third-order valence-electron chi connectivity index (χ3n) is 8.32. The Hall–Kier alpha value is -7.04. The quantitative estimate of drug-likeness (QED) is 0.143. The van der Waals surface area contributed by atoms with Crippen molar-refractivity contribution in [3.63, 3.8) is 0 Å². The van der Waals surface area contributed by atoms with Crippen molar-refractivity contribution in [2.24, 2.45) is 0 Å².